The lowest BCUT2D eigenvalue weighted by Gasteiger charge is -2.38. The Hall–Kier alpha value is -2.08. The van der Waals surface area contributed by atoms with Crippen molar-refractivity contribution < 1.29 is 23.8 Å². The maximum atomic E-state index is 13.1. The second kappa shape index (κ2) is 9.92. The van der Waals surface area contributed by atoms with Gasteiger partial charge < -0.3 is 19.5 Å². The number of amides is 1. The fraction of sp³-hybridized carbons (Fsp3) is 0.636. The monoisotopic (exact) mass is 391 g/mol. The van der Waals surface area contributed by atoms with Crippen molar-refractivity contribution in [2.45, 2.75) is 71.5 Å². The molecule has 1 saturated carbocycles. The molecule has 1 aromatic rings. The molecule has 2 rings (SSSR count). The zero-order chi connectivity index (χ0) is 20.7. The van der Waals surface area contributed by atoms with Crippen molar-refractivity contribution in [2.24, 2.45) is 5.92 Å². The molecule has 0 aromatic heterocycles. The summed E-state index contributed by atoms with van der Waals surface area (Å²) in [6, 6.07) is 5.05. The van der Waals surface area contributed by atoms with Gasteiger partial charge in [-0.15, -0.1) is 0 Å². The van der Waals surface area contributed by atoms with E-state index in [9.17, 15) is 9.59 Å². The summed E-state index contributed by atoms with van der Waals surface area (Å²) in [4.78, 5) is 25.3. The van der Waals surface area contributed by atoms with Crippen LogP contribution in [0.5, 0.6) is 5.75 Å². The molecule has 0 radical (unpaired) electrons. The number of ether oxygens (including phenoxy) is 3. The maximum Gasteiger partial charge on any atom is 0.341 e. The largest absolute Gasteiger partial charge is 0.490 e. The average Bonchev–Trinajstić information content (AvgIpc) is 2.68. The van der Waals surface area contributed by atoms with Crippen LogP contribution in [0.3, 0.4) is 0 Å². The van der Waals surface area contributed by atoms with E-state index in [2.05, 4.69) is 12.2 Å². The highest BCUT2D eigenvalue weighted by atomic mass is 16.5. The number of anilines is 1. The van der Waals surface area contributed by atoms with Crippen molar-refractivity contribution in [2.75, 3.05) is 19.0 Å². The van der Waals surface area contributed by atoms with Crippen LogP contribution in [0, 0.1) is 5.92 Å². The molecule has 28 heavy (non-hydrogen) atoms. The van der Waals surface area contributed by atoms with Crippen LogP contribution in [0.1, 0.15) is 70.2 Å². The maximum absolute atomic E-state index is 13.1. The van der Waals surface area contributed by atoms with Gasteiger partial charge in [-0.3, -0.25) is 4.79 Å². The number of methoxy groups -OCH3 is 1. The van der Waals surface area contributed by atoms with Gasteiger partial charge in [-0.25, -0.2) is 4.79 Å². The zero-order valence-corrected chi connectivity index (χ0v) is 17.7. The van der Waals surface area contributed by atoms with Crippen LogP contribution in [0.2, 0.25) is 0 Å². The Kier molecular flexibility index (Phi) is 7.87. The predicted molar refractivity (Wildman–Crippen MR) is 109 cm³/mol. The molecule has 1 aromatic carbocycles. The van der Waals surface area contributed by atoms with E-state index in [1.165, 1.54) is 7.11 Å². The van der Waals surface area contributed by atoms with E-state index in [4.69, 9.17) is 14.2 Å². The molecule has 0 spiro atoms. The summed E-state index contributed by atoms with van der Waals surface area (Å²) in [5.74, 6) is 0.223. The molecule has 6 heteroatoms. The van der Waals surface area contributed by atoms with Gasteiger partial charge in [-0.05, 0) is 63.6 Å². The third-order valence-corrected chi connectivity index (χ3v) is 5.34. The number of carbonyl (C=O) groups excluding carboxylic acids is 2. The summed E-state index contributed by atoms with van der Waals surface area (Å²) in [5.41, 5.74) is 0.00582. The van der Waals surface area contributed by atoms with Gasteiger partial charge in [0.15, 0.2) is 0 Å². The second-order valence-corrected chi connectivity index (χ2v) is 7.62. The van der Waals surface area contributed by atoms with Crippen molar-refractivity contribution in [3.63, 3.8) is 0 Å². The van der Waals surface area contributed by atoms with Crippen molar-refractivity contribution in [1.29, 1.82) is 0 Å². The number of rotatable bonds is 8. The fourth-order valence-electron chi connectivity index (χ4n) is 3.71. The lowest BCUT2D eigenvalue weighted by atomic mass is 9.78. The summed E-state index contributed by atoms with van der Waals surface area (Å²) in [7, 11) is 1.33. The van der Waals surface area contributed by atoms with Crippen molar-refractivity contribution in [3.8, 4) is 5.75 Å². The molecule has 1 aliphatic rings. The van der Waals surface area contributed by atoms with E-state index in [1.54, 1.807) is 18.2 Å². The molecule has 1 fully saturated rings. The predicted octanol–water partition coefficient (Wildman–Crippen LogP) is 4.57. The molecule has 0 heterocycles. The van der Waals surface area contributed by atoms with Crippen molar-refractivity contribution in [1.82, 2.24) is 0 Å². The standard InChI is InChI=1S/C22H33NO5/c1-6-16(4)28-19-11-10-17(13-18(19)20(24)26-5)23-21(25)22(27-7-2)12-8-9-15(3)14-22/h10-11,13,15-16H,6-9,12,14H2,1-5H3,(H,23,25). The molecule has 0 aliphatic heterocycles. The molecule has 1 aliphatic carbocycles. The molecule has 156 valence electrons. The highest BCUT2D eigenvalue weighted by Crippen LogP contribution is 2.36. The molecule has 3 atom stereocenters. The summed E-state index contributed by atoms with van der Waals surface area (Å²) in [5, 5.41) is 2.94. The van der Waals surface area contributed by atoms with Gasteiger partial charge in [0.1, 0.15) is 16.9 Å². The summed E-state index contributed by atoms with van der Waals surface area (Å²) in [6.45, 7) is 8.48. The number of carbonyl (C=O) groups is 2. The number of nitrogens with one attached hydrogen (secondary N) is 1. The van der Waals surface area contributed by atoms with Crippen LogP contribution < -0.4 is 10.1 Å². The highest BCUT2D eigenvalue weighted by Gasteiger charge is 2.42. The van der Waals surface area contributed by atoms with Crippen LogP contribution >= 0.6 is 0 Å². The SMILES string of the molecule is CCOC1(C(=O)Nc2ccc(OC(C)CC)c(C(=O)OC)c2)CCCC(C)C1. The van der Waals surface area contributed by atoms with Crippen molar-refractivity contribution >= 4 is 17.6 Å². The molecular formula is C22H33NO5. The van der Waals surface area contributed by atoms with E-state index < -0.39 is 11.6 Å². The Labute approximate surface area is 167 Å². The van der Waals surface area contributed by atoms with E-state index in [0.29, 0.717) is 42.4 Å². The minimum absolute atomic E-state index is 0.0335. The normalized spacial score (nSPS) is 23.0. The summed E-state index contributed by atoms with van der Waals surface area (Å²) < 4.78 is 16.6. The summed E-state index contributed by atoms with van der Waals surface area (Å²) >= 11 is 0. The van der Waals surface area contributed by atoms with E-state index in [0.717, 1.165) is 19.3 Å². The van der Waals surface area contributed by atoms with Gasteiger partial charge in [0.2, 0.25) is 0 Å². The molecule has 1 N–H and O–H groups in total. The van der Waals surface area contributed by atoms with Gasteiger partial charge in [-0.1, -0.05) is 20.3 Å². The Morgan fingerprint density at radius 1 is 1.32 bits per heavy atom. The highest BCUT2D eigenvalue weighted by molar-refractivity contribution is 5.99. The zero-order valence-electron chi connectivity index (χ0n) is 17.7. The summed E-state index contributed by atoms with van der Waals surface area (Å²) in [6.07, 6.45) is 4.25. The van der Waals surface area contributed by atoms with E-state index in [1.807, 2.05) is 20.8 Å². The van der Waals surface area contributed by atoms with Gasteiger partial charge in [0, 0.05) is 12.3 Å². The lowest BCUT2D eigenvalue weighted by molar-refractivity contribution is -0.147. The minimum Gasteiger partial charge on any atom is -0.490 e. The van der Waals surface area contributed by atoms with E-state index in [-0.39, 0.29) is 12.0 Å². The van der Waals surface area contributed by atoms with E-state index >= 15 is 0 Å². The minimum atomic E-state index is -0.816. The Bertz CT molecular complexity index is 686. The molecular weight excluding hydrogens is 358 g/mol. The smallest absolute Gasteiger partial charge is 0.341 e. The van der Waals surface area contributed by atoms with Crippen LogP contribution in [-0.2, 0) is 14.3 Å². The Morgan fingerprint density at radius 3 is 2.68 bits per heavy atom. The number of benzene rings is 1. The molecule has 3 unspecified atom stereocenters. The van der Waals surface area contributed by atoms with Crippen LogP contribution in [0.15, 0.2) is 18.2 Å². The first-order valence-electron chi connectivity index (χ1n) is 10.2. The number of hydrogen-bond donors (Lipinski definition) is 1. The molecule has 0 saturated heterocycles. The third kappa shape index (κ3) is 5.25. The Balaban J connectivity index is 2.26. The second-order valence-electron chi connectivity index (χ2n) is 7.62. The van der Waals surface area contributed by atoms with Crippen LogP contribution in [0.25, 0.3) is 0 Å². The van der Waals surface area contributed by atoms with Gasteiger partial charge in [-0.2, -0.15) is 0 Å². The van der Waals surface area contributed by atoms with Crippen LogP contribution in [-0.4, -0.2) is 37.3 Å². The molecule has 0 bridgehead atoms. The van der Waals surface area contributed by atoms with Gasteiger partial charge in [0.05, 0.1) is 13.2 Å². The quantitative estimate of drug-likeness (QED) is 0.657. The topological polar surface area (TPSA) is 73.9 Å². The third-order valence-electron chi connectivity index (χ3n) is 5.34. The average molecular weight is 392 g/mol. The first-order valence-corrected chi connectivity index (χ1v) is 10.2. The fourth-order valence-corrected chi connectivity index (χ4v) is 3.71. The van der Waals surface area contributed by atoms with Crippen molar-refractivity contribution in [3.05, 3.63) is 23.8 Å². The number of hydrogen-bond acceptors (Lipinski definition) is 5. The van der Waals surface area contributed by atoms with Crippen LogP contribution in [0.4, 0.5) is 5.69 Å². The molecule has 6 nitrogen and oxygen atoms in total. The first kappa shape index (κ1) is 22.2. The van der Waals surface area contributed by atoms with Gasteiger partial charge >= 0.3 is 5.97 Å². The molecule has 1 amide bonds. The number of esters is 1. The Morgan fingerprint density at radius 2 is 2.07 bits per heavy atom. The van der Waals surface area contributed by atoms with Gasteiger partial charge in [0.25, 0.3) is 5.91 Å². The lowest BCUT2D eigenvalue weighted by Crippen LogP contribution is -2.48. The first-order chi connectivity index (χ1) is 13.3.